The van der Waals surface area contributed by atoms with Crippen LogP contribution >= 0.6 is 45.2 Å². The van der Waals surface area contributed by atoms with E-state index in [1.54, 1.807) is 24.3 Å². The van der Waals surface area contributed by atoms with Gasteiger partial charge in [0.15, 0.2) is 5.75 Å². The number of aryl methyl sites for hydroxylation is 1. The van der Waals surface area contributed by atoms with Crippen LogP contribution in [0.25, 0.3) is 0 Å². The number of ketones is 1. The predicted molar refractivity (Wildman–Crippen MR) is 110 cm³/mol. The summed E-state index contributed by atoms with van der Waals surface area (Å²) in [6, 6.07) is 10.7. The zero-order chi connectivity index (χ0) is 17.5. The number of carbonyl (C=O) groups is 1. The number of phenolic OH excluding ortho intramolecular Hbond substituents is 1. The lowest BCUT2D eigenvalue weighted by Gasteiger charge is -2.12. The molecule has 128 valence electrons. The number of aliphatic hydroxyl groups excluding tert-OH is 1. The molecule has 0 bridgehead atoms. The summed E-state index contributed by atoms with van der Waals surface area (Å²) in [7, 11) is 0. The molecule has 0 aliphatic rings. The molecule has 0 unspecified atom stereocenters. The maximum atomic E-state index is 11.7. The van der Waals surface area contributed by atoms with Gasteiger partial charge in [-0.15, -0.1) is 0 Å². The van der Waals surface area contributed by atoms with Gasteiger partial charge in [-0.05, 0) is 100.0 Å². The highest BCUT2D eigenvalue weighted by Crippen LogP contribution is 2.33. The molecule has 2 aromatic rings. The molecule has 2 N–H and O–H groups in total. The van der Waals surface area contributed by atoms with Crippen LogP contribution in [0.2, 0.25) is 0 Å². The first-order valence-corrected chi connectivity index (χ1v) is 9.72. The first-order valence-electron chi connectivity index (χ1n) is 7.57. The Morgan fingerprint density at radius 1 is 1.04 bits per heavy atom. The fraction of sp³-hybridized carbons (Fsp3) is 0.278. The Kier molecular flexibility index (Phi) is 7.76. The molecule has 0 heterocycles. The Labute approximate surface area is 168 Å². The average molecular weight is 552 g/mol. The van der Waals surface area contributed by atoms with E-state index in [0.717, 1.165) is 18.5 Å². The summed E-state index contributed by atoms with van der Waals surface area (Å²) < 4.78 is 7.86. The predicted octanol–water partition coefficient (Wildman–Crippen LogP) is 4.67. The molecule has 0 saturated carbocycles. The Hall–Kier alpha value is -0.870. The van der Waals surface area contributed by atoms with Gasteiger partial charge in [-0.1, -0.05) is 0 Å². The molecule has 24 heavy (non-hydrogen) atoms. The molecule has 0 fully saturated rings. The third-order valence-corrected chi connectivity index (χ3v) is 5.02. The lowest BCUT2D eigenvalue weighted by Crippen LogP contribution is -2.02. The topological polar surface area (TPSA) is 66.8 Å². The smallest absolute Gasteiger partial charge is 0.154 e. The maximum Gasteiger partial charge on any atom is 0.154 e. The summed E-state index contributed by atoms with van der Waals surface area (Å²) in [6.45, 7) is 0.0604. The zero-order valence-electron chi connectivity index (χ0n) is 13.0. The van der Waals surface area contributed by atoms with Crippen molar-refractivity contribution in [2.75, 3.05) is 6.61 Å². The summed E-state index contributed by atoms with van der Waals surface area (Å²) in [5.74, 6) is 1.82. The molecule has 0 spiro atoms. The number of carbonyl (C=O) groups excluding carboxylic acids is 1. The second kappa shape index (κ2) is 9.57. The number of rotatable bonds is 8. The highest BCUT2D eigenvalue weighted by Gasteiger charge is 2.11. The SMILES string of the molecule is O=C(CCCO)CCc1cc(I)c(Oc2ccc(O)cc2)c(I)c1. The molecular weight excluding hydrogens is 534 g/mol. The molecule has 0 aliphatic carbocycles. The number of Topliss-reactive ketones (excluding diaryl/α,β-unsaturated/α-hetero) is 1. The molecule has 0 radical (unpaired) electrons. The molecule has 0 saturated heterocycles. The second-order valence-corrected chi connectivity index (χ2v) is 7.67. The van der Waals surface area contributed by atoms with Gasteiger partial charge in [0.2, 0.25) is 0 Å². The van der Waals surface area contributed by atoms with Gasteiger partial charge in [0, 0.05) is 19.4 Å². The second-order valence-electron chi connectivity index (χ2n) is 5.35. The third kappa shape index (κ3) is 5.89. The largest absolute Gasteiger partial charge is 0.508 e. The standard InChI is InChI=1S/C18H18I2O4/c19-16-10-12(3-4-13(22)2-1-9-21)11-17(20)18(16)24-15-7-5-14(23)6-8-15/h5-8,10-11,21,23H,1-4,9H2. The van der Waals surface area contributed by atoms with E-state index in [4.69, 9.17) is 9.84 Å². The Morgan fingerprint density at radius 2 is 1.67 bits per heavy atom. The van der Waals surface area contributed by atoms with E-state index in [1.165, 1.54) is 0 Å². The fourth-order valence-electron chi connectivity index (χ4n) is 2.17. The van der Waals surface area contributed by atoms with E-state index < -0.39 is 0 Å². The van der Waals surface area contributed by atoms with Gasteiger partial charge >= 0.3 is 0 Å². The number of aromatic hydroxyl groups is 1. The summed E-state index contributed by atoms with van der Waals surface area (Å²) in [6.07, 6.45) is 2.15. The van der Waals surface area contributed by atoms with Crippen LogP contribution in [0.3, 0.4) is 0 Å². The van der Waals surface area contributed by atoms with Gasteiger partial charge in [-0.2, -0.15) is 0 Å². The number of halogens is 2. The van der Waals surface area contributed by atoms with Gasteiger partial charge in [0.05, 0.1) is 7.14 Å². The molecule has 0 aliphatic heterocycles. The molecular formula is C18H18I2O4. The molecule has 2 aromatic carbocycles. The van der Waals surface area contributed by atoms with E-state index >= 15 is 0 Å². The normalized spacial score (nSPS) is 10.6. The van der Waals surface area contributed by atoms with Crippen molar-refractivity contribution >= 4 is 51.0 Å². The van der Waals surface area contributed by atoms with Crippen molar-refractivity contribution in [3.05, 3.63) is 49.1 Å². The summed E-state index contributed by atoms with van der Waals surface area (Å²) in [4.78, 5) is 11.7. The van der Waals surface area contributed by atoms with Crippen LogP contribution in [-0.2, 0) is 11.2 Å². The van der Waals surface area contributed by atoms with Gasteiger partial charge in [0.25, 0.3) is 0 Å². The maximum absolute atomic E-state index is 11.7. The van der Waals surface area contributed by atoms with Crippen LogP contribution in [0.4, 0.5) is 0 Å². The first kappa shape index (κ1) is 19.5. The van der Waals surface area contributed by atoms with Crippen LogP contribution < -0.4 is 4.74 Å². The molecule has 4 nitrogen and oxygen atoms in total. The molecule has 0 atom stereocenters. The quantitative estimate of drug-likeness (QED) is 0.468. The highest BCUT2D eigenvalue weighted by atomic mass is 127. The number of hydrogen-bond donors (Lipinski definition) is 2. The van der Waals surface area contributed by atoms with Crippen molar-refractivity contribution in [3.63, 3.8) is 0 Å². The minimum Gasteiger partial charge on any atom is -0.508 e. The summed E-state index contributed by atoms with van der Waals surface area (Å²) >= 11 is 4.46. The summed E-state index contributed by atoms with van der Waals surface area (Å²) in [5, 5.41) is 18.1. The lowest BCUT2D eigenvalue weighted by atomic mass is 10.1. The number of ether oxygens (including phenoxy) is 1. The van der Waals surface area contributed by atoms with E-state index in [9.17, 15) is 9.90 Å². The third-order valence-electron chi connectivity index (χ3n) is 3.42. The van der Waals surface area contributed by atoms with E-state index in [1.807, 2.05) is 12.1 Å². The van der Waals surface area contributed by atoms with Crippen molar-refractivity contribution in [2.45, 2.75) is 25.7 Å². The molecule has 0 amide bonds. The monoisotopic (exact) mass is 552 g/mol. The zero-order valence-corrected chi connectivity index (χ0v) is 17.3. The Bertz CT molecular complexity index is 676. The van der Waals surface area contributed by atoms with Crippen molar-refractivity contribution in [1.82, 2.24) is 0 Å². The number of benzene rings is 2. The minimum atomic E-state index is 0.0604. The van der Waals surface area contributed by atoms with Crippen molar-refractivity contribution in [3.8, 4) is 17.2 Å². The van der Waals surface area contributed by atoms with Crippen molar-refractivity contribution < 1.29 is 19.7 Å². The average Bonchev–Trinajstić information content (AvgIpc) is 2.56. The minimum absolute atomic E-state index is 0.0604. The van der Waals surface area contributed by atoms with Gasteiger partial charge in [-0.3, -0.25) is 4.79 Å². The number of aliphatic hydroxyl groups is 1. The molecule has 0 aromatic heterocycles. The Morgan fingerprint density at radius 3 is 2.25 bits per heavy atom. The van der Waals surface area contributed by atoms with Gasteiger partial charge in [0.1, 0.15) is 17.3 Å². The summed E-state index contributed by atoms with van der Waals surface area (Å²) in [5.41, 5.74) is 1.10. The van der Waals surface area contributed by atoms with Gasteiger partial charge in [-0.25, -0.2) is 0 Å². The molecule has 2 rings (SSSR count). The first-order chi connectivity index (χ1) is 11.5. The van der Waals surface area contributed by atoms with E-state index in [0.29, 0.717) is 31.4 Å². The van der Waals surface area contributed by atoms with Crippen LogP contribution in [0, 0.1) is 7.14 Å². The van der Waals surface area contributed by atoms with Crippen LogP contribution in [-0.4, -0.2) is 22.6 Å². The number of phenols is 1. The van der Waals surface area contributed by atoms with Crippen molar-refractivity contribution in [1.29, 1.82) is 0 Å². The van der Waals surface area contributed by atoms with Crippen molar-refractivity contribution in [2.24, 2.45) is 0 Å². The van der Waals surface area contributed by atoms with E-state index in [2.05, 4.69) is 45.2 Å². The van der Waals surface area contributed by atoms with Crippen LogP contribution in [0.1, 0.15) is 24.8 Å². The Balaban J connectivity index is 2.05. The van der Waals surface area contributed by atoms with E-state index in [-0.39, 0.29) is 18.1 Å². The fourth-order valence-corrected chi connectivity index (χ4v) is 4.29. The number of hydrogen-bond acceptors (Lipinski definition) is 4. The van der Waals surface area contributed by atoms with Crippen LogP contribution in [0.15, 0.2) is 36.4 Å². The van der Waals surface area contributed by atoms with Gasteiger partial charge < -0.3 is 14.9 Å². The lowest BCUT2D eigenvalue weighted by molar-refractivity contribution is -0.119. The highest BCUT2D eigenvalue weighted by molar-refractivity contribution is 14.1. The molecule has 6 heteroatoms. The van der Waals surface area contributed by atoms with Crippen LogP contribution in [0.5, 0.6) is 17.2 Å².